The van der Waals surface area contributed by atoms with Gasteiger partial charge in [0.05, 0.1) is 0 Å². The van der Waals surface area contributed by atoms with E-state index in [1.165, 1.54) is 43.2 Å². The molecule has 21 heavy (non-hydrogen) atoms. The molecule has 0 heterocycles. The summed E-state index contributed by atoms with van der Waals surface area (Å²) in [4.78, 5) is 4.55. The molecule has 0 unspecified atom stereocenters. The van der Waals surface area contributed by atoms with Gasteiger partial charge < -0.3 is 11.1 Å². The standard InChI is InChI=1S/C17H25N3.HI/c1-12(2)17(8-9-17)11-19-16(18)20-15-7-6-13-4-3-5-14(13)10-15;/h6-7,10,12H,3-5,8-9,11H2,1-2H3,(H3,18,19,20);1H. The fourth-order valence-corrected chi connectivity index (χ4v) is 3.16. The number of guanidine groups is 1. The van der Waals surface area contributed by atoms with Gasteiger partial charge >= 0.3 is 0 Å². The number of aliphatic imine (C=N–C) groups is 1. The molecule has 0 amide bonds. The van der Waals surface area contributed by atoms with Crippen molar-refractivity contribution < 1.29 is 0 Å². The van der Waals surface area contributed by atoms with Crippen LogP contribution < -0.4 is 11.1 Å². The van der Waals surface area contributed by atoms with E-state index in [-0.39, 0.29) is 24.0 Å². The van der Waals surface area contributed by atoms with Crippen molar-refractivity contribution in [1.29, 1.82) is 0 Å². The Morgan fingerprint density at radius 1 is 1.29 bits per heavy atom. The molecule has 3 rings (SSSR count). The number of nitrogens with two attached hydrogens (primary N) is 1. The Morgan fingerprint density at radius 2 is 2.00 bits per heavy atom. The third-order valence-corrected chi connectivity index (χ3v) is 5.05. The number of fused-ring (bicyclic) bond motifs is 1. The average molecular weight is 399 g/mol. The fourth-order valence-electron chi connectivity index (χ4n) is 3.16. The molecule has 3 nitrogen and oxygen atoms in total. The van der Waals surface area contributed by atoms with E-state index in [1.807, 2.05) is 0 Å². The number of benzene rings is 1. The van der Waals surface area contributed by atoms with Crippen molar-refractivity contribution in [3.05, 3.63) is 29.3 Å². The highest BCUT2D eigenvalue weighted by molar-refractivity contribution is 14.0. The molecular weight excluding hydrogens is 373 g/mol. The highest BCUT2D eigenvalue weighted by Gasteiger charge is 2.45. The zero-order valence-electron chi connectivity index (χ0n) is 13.0. The Bertz CT molecular complexity index is 533. The van der Waals surface area contributed by atoms with E-state index < -0.39 is 0 Å². The number of halogens is 1. The van der Waals surface area contributed by atoms with Gasteiger partial charge in [-0.25, -0.2) is 0 Å². The second kappa shape index (κ2) is 6.55. The number of nitrogens with one attached hydrogen (secondary N) is 1. The molecule has 0 bridgehead atoms. The Labute approximate surface area is 144 Å². The highest BCUT2D eigenvalue weighted by atomic mass is 127. The van der Waals surface area contributed by atoms with Gasteiger partial charge in [-0.1, -0.05) is 19.9 Å². The quantitative estimate of drug-likeness (QED) is 0.458. The van der Waals surface area contributed by atoms with Crippen molar-refractivity contribution >= 4 is 35.6 Å². The van der Waals surface area contributed by atoms with E-state index in [1.54, 1.807) is 0 Å². The summed E-state index contributed by atoms with van der Waals surface area (Å²) in [7, 11) is 0. The lowest BCUT2D eigenvalue weighted by Gasteiger charge is -2.17. The maximum absolute atomic E-state index is 6.02. The van der Waals surface area contributed by atoms with E-state index >= 15 is 0 Å². The number of aryl methyl sites for hydroxylation is 2. The maximum atomic E-state index is 6.02. The van der Waals surface area contributed by atoms with E-state index in [9.17, 15) is 0 Å². The second-order valence-electron chi connectivity index (χ2n) is 6.68. The maximum Gasteiger partial charge on any atom is 0.193 e. The fraction of sp³-hybridized carbons (Fsp3) is 0.588. The van der Waals surface area contributed by atoms with E-state index in [0.717, 1.165) is 12.2 Å². The molecular formula is C17H26IN3. The van der Waals surface area contributed by atoms with Crippen LogP contribution in [0.5, 0.6) is 0 Å². The van der Waals surface area contributed by atoms with Crippen LogP contribution in [0.1, 0.15) is 44.2 Å². The molecule has 116 valence electrons. The minimum atomic E-state index is 0. The van der Waals surface area contributed by atoms with Gasteiger partial charge in [0.2, 0.25) is 0 Å². The van der Waals surface area contributed by atoms with Crippen LogP contribution in [0.2, 0.25) is 0 Å². The lowest BCUT2D eigenvalue weighted by Crippen LogP contribution is -2.25. The van der Waals surface area contributed by atoms with Gasteiger partial charge in [0.15, 0.2) is 5.96 Å². The van der Waals surface area contributed by atoms with Crippen molar-refractivity contribution in [3.63, 3.8) is 0 Å². The van der Waals surface area contributed by atoms with Crippen molar-refractivity contribution in [2.75, 3.05) is 11.9 Å². The third kappa shape index (κ3) is 3.71. The van der Waals surface area contributed by atoms with Crippen molar-refractivity contribution in [3.8, 4) is 0 Å². The van der Waals surface area contributed by atoms with Crippen LogP contribution >= 0.6 is 24.0 Å². The molecule has 1 saturated carbocycles. The zero-order chi connectivity index (χ0) is 14.2. The molecule has 0 radical (unpaired) electrons. The number of anilines is 1. The van der Waals surface area contributed by atoms with E-state index in [0.29, 0.717) is 17.3 Å². The predicted octanol–water partition coefficient (Wildman–Crippen LogP) is 3.96. The first-order chi connectivity index (χ1) is 9.59. The molecule has 0 aliphatic heterocycles. The van der Waals surface area contributed by atoms with Crippen LogP contribution in [-0.4, -0.2) is 12.5 Å². The van der Waals surface area contributed by atoms with Crippen LogP contribution in [-0.2, 0) is 12.8 Å². The lowest BCUT2D eigenvalue weighted by molar-refractivity contribution is 0.371. The van der Waals surface area contributed by atoms with Gasteiger partial charge in [-0.05, 0) is 66.7 Å². The first-order valence-electron chi connectivity index (χ1n) is 7.78. The molecule has 0 spiro atoms. The van der Waals surface area contributed by atoms with Gasteiger partial charge in [-0.2, -0.15) is 0 Å². The van der Waals surface area contributed by atoms with Crippen LogP contribution in [0.4, 0.5) is 5.69 Å². The second-order valence-corrected chi connectivity index (χ2v) is 6.68. The Hall–Kier alpha value is -0.780. The Balaban J connectivity index is 0.00000161. The minimum absolute atomic E-state index is 0. The summed E-state index contributed by atoms with van der Waals surface area (Å²) in [6, 6.07) is 6.55. The van der Waals surface area contributed by atoms with Gasteiger partial charge in [0.25, 0.3) is 0 Å². The average Bonchev–Trinajstić information content (AvgIpc) is 3.08. The SMILES string of the molecule is CC(C)C1(CN=C(N)Nc2ccc3c(c2)CCC3)CC1.I. The van der Waals surface area contributed by atoms with E-state index in [4.69, 9.17) is 5.73 Å². The van der Waals surface area contributed by atoms with Gasteiger partial charge in [-0.15, -0.1) is 24.0 Å². The van der Waals surface area contributed by atoms with Crippen molar-refractivity contribution in [2.45, 2.75) is 46.0 Å². The normalized spacial score (nSPS) is 19.1. The molecule has 0 atom stereocenters. The molecule has 0 saturated heterocycles. The minimum Gasteiger partial charge on any atom is -0.370 e. The van der Waals surface area contributed by atoms with E-state index in [2.05, 4.69) is 42.4 Å². The molecule has 3 N–H and O–H groups in total. The largest absolute Gasteiger partial charge is 0.370 e. The summed E-state index contributed by atoms with van der Waals surface area (Å²) in [5, 5.41) is 3.24. The lowest BCUT2D eigenvalue weighted by atomic mass is 9.93. The first-order valence-corrected chi connectivity index (χ1v) is 7.78. The third-order valence-electron chi connectivity index (χ3n) is 5.05. The molecule has 0 aromatic heterocycles. The molecule has 4 heteroatoms. The summed E-state index contributed by atoms with van der Waals surface area (Å²) in [6.07, 6.45) is 6.27. The molecule has 2 aliphatic carbocycles. The highest BCUT2D eigenvalue weighted by Crippen LogP contribution is 2.51. The number of nitrogens with zero attached hydrogens (tertiary/aromatic N) is 1. The summed E-state index contributed by atoms with van der Waals surface area (Å²) >= 11 is 0. The van der Waals surface area contributed by atoms with Crippen LogP contribution in [0.3, 0.4) is 0 Å². The number of hydrogen-bond acceptors (Lipinski definition) is 1. The molecule has 1 aromatic rings. The van der Waals surface area contributed by atoms with Crippen molar-refractivity contribution in [1.82, 2.24) is 0 Å². The molecule has 1 aromatic carbocycles. The summed E-state index contributed by atoms with van der Waals surface area (Å²) < 4.78 is 0. The Kier molecular flexibility index (Phi) is 5.17. The molecule has 1 fully saturated rings. The van der Waals surface area contributed by atoms with Gasteiger partial charge in [0, 0.05) is 12.2 Å². The van der Waals surface area contributed by atoms with Gasteiger partial charge in [-0.3, -0.25) is 4.99 Å². The monoisotopic (exact) mass is 399 g/mol. The van der Waals surface area contributed by atoms with Crippen molar-refractivity contribution in [2.24, 2.45) is 22.1 Å². The topological polar surface area (TPSA) is 50.4 Å². The first kappa shape index (κ1) is 16.6. The Morgan fingerprint density at radius 3 is 2.67 bits per heavy atom. The number of rotatable bonds is 4. The summed E-state index contributed by atoms with van der Waals surface area (Å²) in [6.45, 7) is 5.42. The van der Waals surface area contributed by atoms with Gasteiger partial charge in [0.1, 0.15) is 0 Å². The van der Waals surface area contributed by atoms with Crippen LogP contribution in [0.15, 0.2) is 23.2 Å². The van der Waals surface area contributed by atoms with Crippen LogP contribution in [0.25, 0.3) is 0 Å². The summed E-state index contributed by atoms with van der Waals surface area (Å²) in [5.41, 5.74) is 10.5. The number of hydrogen-bond donors (Lipinski definition) is 2. The smallest absolute Gasteiger partial charge is 0.193 e. The van der Waals surface area contributed by atoms with Crippen LogP contribution in [0, 0.1) is 11.3 Å². The molecule has 2 aliphatic rings. The predicted molar refractivity (Wildman–Crippen MR) is 100 cm³/mol. The summed E-state index contributed by atoms with van der Waals surface area (Å²) in [5.74, 6) is 1.24. The zero-order valence-corrected chi connectivity index (χ0v) is 15.3.